The Labute approximate surface area is 120 Å². The molecule has 1 atom stereocenters. The quantitative estimate of drug-likeness (QED) is 0.852. The van der Waals surface area contributed by atoms with E-state index < -0.39 is 11.6 Å². The summed E-state index contributed by atoms with van der Waals surface area (Å²) in [5, 5.41) is 3.52. The summed E-state index contributed by atoms with van der Waals surface area (Å²) < 4.78 is 27.4. The fourth-order valence-electron chi connectivity index (χ4n) is 2.59. The van der Waals surface area contributed by atoms with E-state index in [-0.39, 0.29) is 0 Å². The molecule has 0 bridgehead atoms. The molecule has 3 rings (SSSR count). The van der Waals surface area contributed by atoms with Crippen molar-refractivity contribution >= 4 is 21.6 Å². The average Bonchev–Trinajstić information content (AvgIpc) is 3.09. The van der Waals surface area contributed by atoms with Crippen molar-refractivity contribution in [1.29, 1.82) is 0 Å². The van der Waals surface area contributed by atoms with E-state index in [1.54, 1.807) is 6.07 Å². The van der Waals surface area contributed by atoms with Gasteiger partial charge in [0.25, 0.3) is 0 Å². The number of nitrogens with zero attached hydrogens (tertiary/aromatic N) is 1. The highest BCUT2D eigenvalue weighted by molar-refractivity contribution is 9.10. The molecule has 1 aliphatic heterocycles. The number of halogens is 3. The second-order valence-corrected chi connectivity index (χ2v) is 6.36. The monoisotopic (exact) mass is 330 g/mol. The molecule has 1 saturated heterocycles. The van der Waals surface area contributed by atoms with Gasteiger partial charge in [-0.2, -0.15) is 0 Å². The van der Waals surface area contributed by atoms with Gasteiger partial charge in [-0.3, -0.25) is 0 Å². The number of anilines is 1. The molecule has 1 N–H and O–H groups in total. The average molecular weight is 331 g/mol. The third-order valence-electron chi connectivity index (χ3n) is 3.89. The standard InChI is InChI=1S/C14H17BrF2N2/c15-11-5-14(13(17)6-12(11)16)19-4-3-9(8-19)7-18-10-1-2-10/h5-6,9-10,18H,1-4,7-8H2. The minimum absolute atomic E-state index is 0.323. The van der Waals surface area contributed by atoms with Crippen LogP contribution in [0.1, 0.15) is 19.3 Å². The molecule has 0 aromatic heterocycles. The maximum absolute atomic E-state index is 13.8. The fourth-order valence-corrected chi connectivity index (χ4v) is 2.92. The van der Waals surface area contributed by atoms with Crippen LogP contribution >= 0.6 is 15.9 Å². The van der Waals surface area contributed by atoms with Gasteiger partial charge in [-0.1, -0.05) is 0 Å². The van der Waals surface area contributed by atoms with Crippen LogP contribution in [-0.2, 0) is 0 Å². The summed E-state index contributed by atoms with van der Waals surface area (Å²) >= 11 is 3.12. The number of benzene rings is 1. The third-order valence-corrected chi connectivity index (χ3v) is 4.50. The molecule has 2 nitrogen and oxygen atoms in total. The number of hydrogen-bond acceptors (Lipinski definition) is 2. The first-order valence-corrected chi connectivity index (χ1v) is 7.55. The summed E-state index contributed by atoms with van der Waals surface area (Å²) in [4.78, 5) is 2.01. The molecule has 1 aliphatic carbocycles. The van der Waals surface area contributed by atoms with Crippen molar-refractivity contribution in [3.63, 3.8) is 0 Å². The Kier molecular flexibility index (Phi) is 3.76. The minimum Gasteiger partial charge on any atom is -0.369 e. The van der Waals surface area contributed by atoms with E-state index in [4.69, 9.17) is 0 Å². The molecule has 5 heteroatoms. The van der Waals surface area contributed by atoms with E-state index >= 15 is 0 Å². The molecule has 19 heavy (non-hydrogen) atoms. The molecule has 1 unspecified atom stereocenters. The van der Waals surface area contributed by atoms with Crippen LogP contribution in [0, 0.1) is 17.6 Å². The largest absolute Gasteiger partial charge is 0.369 e. The van der Waals surface area contributed by atoms with E-state index in [2.05, 4.69) is 21.2 Å². The Morgan fingerprint density at radius 2 is 2.00 bits per heavy atom. The normalized spacial score (nSPS) is 23.1. The lowest BCUT2D eigenvalue weighted by Gasteiger charge is -2.20. The third kappa shape index (κ3) is 3.08. The van der Waals surface area contributed by atoms with Gasteiger partial charge in [-0.25, -0.2) is 8.78 Å². The van der Waals surface area contributed by atoms with Gasteiger partial charge in [0, 0.05) is 25.2 Å². The highest BCUT2D eigenvalue weighted by Gasteiger charge is 2.27. The zero-order valence-corrected chi connectivity index (χ0v) is 12.2. The lowest BCUT2D eigenvalue weighted by Crippen LogP contribution is -2.28. The molecule has 1 aromatic carbocycles. The fraction of sp³-hybridized carbons (Fsp3) is 0.571. The molecule has 2 aliphatic rings. The first-order valence-electron chi connectivity index (χ1n) is 6.76. The van der Waals surface area contributed by atoms with Crippen LogP contribution < -0.4 is 10.2 Å². The van der Waals surface area contributed by atoms with Crippen LogP contribution in [0.3, 0.4) is 0 Å². The molecule has 1 heterocycles. The minimum atomic E-state index is -0.549. The topological polar surface area (TPSA) is 15.3 Å². The van der Waals surface area contributed by atoms with Crippen LogP contribution in [0.4, 0.5) is 14.5 Å². The van der Waals surface area contributed by atoms with Crippen LogP contribution in [0.5, 0.6) is 0 Å². The molecular formula is C14H17BrF2N2. The predicted octanol–water partition coefficient (Wildman–Crippen LogP) is 3.31. The zero-order valence-electron chi connectivity index (χ0n) is 10.6. The smallest absolute Gasteiger partial charge is 0.149 e. The van der Waals surface area contributed by atoms with Crippen molar-refractivity contribution in [1.82, 2.24) is 5.32 Å². The Morgan fingerprint density at radius 3 is 2.74 bits per heavy atom. The van der Waals surface area contributed by atoms with Gasteiger partial charge in [0.2, 0.25) is 0 Å². The Morgan fingerprint density at radius 1 is 1.21 bits per heavy atom. The van der Waals surface area contributed by atoms with Gasteiger partial charge < -0.3 is 10.2 Å². The summed E-state index contributed by atoms with van der Waals surface area (Å²) in [5.41, 5.74) is 0.502. The van der Waals surface area contributed by atoms with E-state index in [1.807, 2.05) is 4.90 Å². The maximum Gasteiger partial charge on any atom is 0.149 e. The van der Waals surface area contributed by atoms with Crippen molar-refractivity contribution in [2.24, 2.45) is 5.92 Å². The molecule has 1 aromatic rings. The van der Waals surface area contributed by atoms with E-state index in [1.165, 1.54) is 12.8 Å². The van der Waals surface area contributed by atoms with Gasteiger partial charge in [0.05, 0.1) is 10.2 Å². The van der Waals surface area contributed by atoms with Crippen molar-refractivity contribution in [2.45, 2.75) is 25.3 Å². The summed E-state index contributed by atoms with van der Waals surface area (Å²) in [6.45, 7) is 2.69. The van der Waals surface area contributed by atoms with Crippen molar-refractivity contribution < 1.29 is 8.78 Å². The van der Waals surface area contributed by atoms with Crippen molar-refractivity contribution in [2.75, 3.05) is 24.5 Å². The van der Waals surface area contributed by atoms with Crippen LogP contribution in [0.15, 0.2) is 16.6 Å². The first-order chi connectivity index (χ1) is 9.13. The van der Waals surface area contributed by atoms with Gasteiger partial charge in [0.1, 0.15) is 11.6 Å². The summed E-state index contributed by atoms with van der Waals surface area (Å²) in [7, 11) is 0. The molecular weight excluding hydrogens is 314 g/mol. The summed E-state index contributed by atoms with van der Waals surface area (Å²) in [6, 6.07) is 3.21. The van der Waals surface area contributed by atoms with Gasteiger partial charge in [-0.05, 0) is 53.7 Å². The van der Waals surface area contributed by atoms with Gasteiger partial charge in [-0.15, -0.1) is 0 Å². The molecule has 2 fully saturated rings. The Hall–Kier alpha value is -0.680. The lowest BCUT2D eigenvalue weighted by atomic mass is 10.1. The highest BCUT2D eigenvalue weighted by atomic mass is 79.9. The molecule has 1 saturated carbocycles. The molecule has 104 valence electrons. The van der Waals surface area contributed by atoms with Crippen molar-refractivity contribution in [3.8, 4) is 0 Å². The SMILES string of the molecule is Fc1cc(F)c(N2CCC(CNC3CC3)C2)cc1Br. The predicted molar refractivity (Wildman–Crippen MR) is 75.4 cm³/mol. The molecule has 0 amide bonds. The van der Waals surface area contributed by atoms with E-state index in [9.17, 15) is 8.78 Å². The second kappa shape index (κ2) is 5.37. The van der Waals surface area contributed by atoms with E-state index in [0.717, 1.165) is 32.1 Å². The molecule has 0 radical (unpaired) electrons. The zero-order chi connectivity index (χ0) is 13.4. The Balaban J connectivity index is 1.64. The summed E-state index contributed by atoms with van der Waals surface area (Å²) in [5.74, 6) is -0.465. The highest BCUT2D eigenvalue weighted by Crippen LogP contribution is 2.30. The number of hydrogen-bond donors (Lipinski definition) is 1. The first kappa shape index (κ1) is 13.3. The van der Waals surface area contributed by atoms with Gasteiger partial charge >= 0.3 is 0 Å². The maximum atomic E-state index is 13.8. The van der Waals surface area contributed by atoms with E-state index in [0.29, 0.717) is 22.1 Å². The van der Waals surface area contributed by atoms with Gasteiger partial charge in [0.15, 0.2) is 0 Å². The van der Waals surface area contributed by atoms with Crippen LogP contribution in [-0.4, -0.2) is 25.7 Å². The lowest BCUT2D eigenvalue weighted by molar-refractivity contribution is 0.514. The molecule has 0 spiro atoms. The van der Waals surface area contributed by atoms with Crippen LogP contribution in [0.25, 0.3) is 0 Å². The Bertz CT molecular complexity index is 477. The second-order valence-electron chi connectivity index (χ2n) is 5.50. The number of rotatable bonds is 4. The number of nitrogens with one attached hydrogen (secondary N) is 1. The van der Waals surface area contributed by atoms with Crippen molar-refractivity contribution in [3.05, 3.63) is 28.2 Å². The van der Waals surface area contributed by atoms with Crippen LogP contribution in [0.2, 0.25) is 0 Å². The summed E-state index contributed by atoms with van der Waals surface area (Å²) in [6.07, 6.45) is 3.64.